The minimum atomic E-state index is -4.13. The molecule has 9 heteroatoms. The minimum absolute atomic E-state index is 0.00794. The zero-order valence-electron chi connectivity index (χ0n) is 21.3. The van der Waals surface area contributed by atoms with Gasteiger partial charge in [-0.25, -0.2) is 13.1 Å². The van der Waals surface area contributed by atoms with E-state index in [2.05, 4.69) is 5.32 Å². The highest BCUT2D eigenvalue weighted by atomic mass is 32.2. The first-order valence-corrected chi connectivity index (χ1v) is 13.8. The Labute approximate surface area is 223 Å². The van der Waals surface area contributed by atoms with Crippen molar-refractivity contribution in [3.05, 3.63) is 107 Å². The van der Waals surface area contributed by atoms with Crippen LogP contribution in [0.15, 0.2) is 90.3 Å². The number of hydrogen-bond acceptors (Lipinski definition) is 5. The second-order valence-electron chi connectivity index (χ2n) is 8.51. The lowest BCUT2D eigenvalue weighted by Crippen LogP contribution is -2.45. The van der Waals surface area contributed by atoms with E-state index in [-0.39, 0.29) is 12.3 Å². The van der Waals surface area contributed by atoms with Gasteiger partial charge in [0, 0.05) is 24.3 Å². The normalized spacial score (nSPS) is 12.1. The van der Waals surface area contributed by atoms with E-state index in [4.69, 9.17) is 0 Å². The van der Waals surface area contributed by atoms with Crippen molar-refractivity contribution in [2.24, 2.45) is 5.92 Å². The fraction of sp³-hybridized carbons (Fsp3) is 0.207. The summed E-state index contributed by atoms with van der Waals surface area (Å²) in [6.07, 6.45) is 1.37. The number of nitrogens with one attached hydrogen (secondary N) is 2. The Kier molecular flexibility index (Phi) is 9.95. The molecular weight excluding hydrogens is 502 g/mol. The summed E-state index contributed by atoms with van der Waals surface area (Å²) in [6, 6.07) is 24.3. The standard InChI is InChI=1S/C29H31N3O5S/c1-3-32(4-2)29(35)26(28(34)31-38(36,37)20-19-22-11-7-5-8-12-22)21-23-15-17-25(18-16-23)30-27(33)24-13-9-6-10-14-24/h5-20,26H,3-4,21H2,1-2H3,(H,30,33)(H,31,34)/b20-19+. The van der Waals surface area contributed by atoms with Gasteiger partial charge in [0.05, 0.1) is 5.41 Å². The van der Waals surface area contributed by atoms with Crippen LogP contribution in [0.2, 0.25) is 0 Å². The molecule has 1 atom stereocenters. The molecular formula is C29H31N3O5S. The van der Waals surface area contributed by atoms with Gasteiger partial charge in [-0.3, -0.25) is 14.4 Å². The summed E-state index contributed by atoms with van der Waals surface area (Å²) < 4.78 is 27.2. The summed E-state index contributed by atoms with van der Waals surface area (Å²) >= 11 is 0. The van der Waals surface area contributed by atoms with Gasteiger partial charge in [0.15, 0.2) is 0 Å². The van der Waals surface area contributed by atoms with Crippen LogP contribution in [0.25, 0.3) is 6.08 Å². The van der Waals surface area contributed by atoms with E-state index in [0.29, 0.717) is 35.5 Å². The highest BCUT2D eigenvalue weighted by Gasteiger charge is 2.32. The Bertz CT molecular complexity index is 1370. The molecule has 3 aromatic carbocycles. The molecule has 0 aliphatic heterocycles. The average molecular weight is 534 g/mol. The molecule has 0 fully saturated rings. The lowest BCUT2D eigenvalue weighted by Gasteiger charge is -2.24. The number of sulfonamides is 1. The number of carbonyl (C=O) groups is 3. The maximum atomic E-state index is 13.2. The molecule has 0 bridgehead atoms. The fourth-order valence-corrected chi connectivity index (χ4v) is 4.61. The second-order valence-corrected chi connectivity index (χ2v) is 10.1. The maximum Gasteiger partial charge on any atom is 0.257 e. The van der Waals surface area contributed by atoms with E-state index in [1.165, 1.54) is 11.0 Å². The van der Waals surface area contributed by atoms with Gasteiger partial charge in [-0.05, 0) is 61.7 Å². The van der Waals surface area contributed by atoms with E-state index in [0.717, 1.165) is 5.41 Å². The monoisotopic (exact) mass is 533 g/mol. The number of rotatable bonds is 11. The van der Waals surface area contributed by atoms with Crippen molar-refractivity contribution in [3.63, 3.8) is 0 Å². The maximum absolute atomic E-state index is 13.2. The first-order chi connectivity index (χ1) is 18.2. The van der Waals surface area contributed by atoms with Crippen LogP contribution in [0.3, 0.4) is 0 Å². The van der Waals surface area contributed by atoms with E-state index >= 15 is 0 Å². The lowest BCUT2D eigenvalue weighted by atomic mass is 9.97. The van der Waals surface area contributed by atoms with Crippen molar-refractivity contribution in [1.29, 1.82) is 0 Å². The van der Waals surface area contributed by atoms with Crippen LogP contribution in [0.5, 0.6) is 0 Å². The molecule has 198 valence electrons. The molecule has 1 unspecified atom stereocenters. The number of hydrogen-bond donors (Lipinski definition) is 2. The number of carbonyl (C=O) groups excluding carboxylic acids is 3. The Hall–Kier alpha value is -4.24. The van der Waals surface area contributed by atoms with Crippen molar-refractivity contribution in [2.75, 3.05) is 18.4 Å². The molecule has 0 spiro atoms. The first kappa shape index (κ1) is 28.3. The van der Waals surface area contributed by atoms with Crippen LogP contribution in [0, 0.1) is 5.92 Å². The quantitative estimate of drug-likeness (QED) is 0.361. The molecule has 0 aromatic heterocycles. The van der Waals surface area contributed by atoms with E-state index in [1.807, 2.05) is 10.8 Å². The number of benzene rings is 3. The van der Waals surface area contributed by atoms with Crippen molar-refractivity contribution >= 4 is 39.5 Å². The topological polar surface area (TPSA) is 113 Å². The molecule has 0 aliphatic rings. The summed E-state index contributed by atoms with van der Waals surface area (Å²) in [5, 5.41) is 3.71. The minimum Gasteiger partial charge on any atom is -0.343 e. The van der Waals surface area contributed by atoms with E-state index in [9.17, 15) is 22.8 Å². The molecule has 38 heavy (non-hydrogen) atoms. The summed E-state index contributed by atoms with van der Waals surface area (Å²) in [5.41, 5.74) is 2.36. The zero-order chi connectivity index (χ0) is 27.5. The van der Waals surface area contributed by atoms with Gasteiger partial charge in [-0.2, -0.15) is 0 Å². The van der Waals surface area contributed by atoms with Crippen LogP contribution in [0.4, 0.5) is 5.69 Å². The first-order valence-electron chi connectivity index (χ1n) is 12.3. The van der Waals surface area contributed by atoms with Gasteiger partial charge in [-0.15, -0.1) is 0 Å². The second kappa shape index (κ2) is 13.3. The van der Waals surface area contributed by atoms with Gasteiger partial charge < -0.3 is 10.2 Å². The number of amides is 3. The van der Waals surface area contributed by atoms with Crippen LogP contribution in [-0.4, -0.2) is 44.1 Å². The van der Waals surface area contributed by atoms with Gasteiger partial charge in [0.1, 0.15) is 5.92 Å². The molecule has 0 aliphatic carbocycles. The molecule has 0 saturated heterocycles. The van der Waals surface area contributed by atoms with Crippen molar-refractivity contribution < 1.29 is 22.8 Å². The Balaban J connectivity index is 1.75. The van der Waals surface area contributed by atoms with Gasteiger partial charge in [0.25, 0.3) is 15.9 Å². The van der Waals surface area contributed by atoms with Gasteiger partial charge >= 0.3 is 0 Å². The summed E-state index contributed by atoms with van der Waals surface area (Å²) in [5.74, 6) is -2.88. The van der Waals surface area contributed by atoms with Crippen molar-refractivity contribution in [2.45, 2.75) is 20.3 Å². The third-order valence-corrected chi connectivity index (χ3v) is 6.84. The van der Waals surface area contributed by atoms with E-state index in [1.54, 1.807) is 92.7 Å². The summed E-state index contributed by atoms with van der Waals surface area (Å²) in [4.78, 5) is 40.2. The highest BCUT2D eigenvalue weighted by Crippen LogP contribution is 2.17. The number of anilines is 1. The number of nitrogens with zero attached hydrogens (tertiary/aromatic N) is 1. The molecule has 8 nitrogen and oxygen atoms in total. The van der Waals surface area contributed by atoms with E-state index < -0.39 is 27.8 Å². The van der Waals surface area contributed by atoms with Gasteiger partial charge in [-0.1, -0.05) is 60.7 Å². The third kappa shape index (κ3) is 8.14. The largest absolute Gasteiger partial charge is 0.343 e. The smallest absolute Gasteiger partial charge is 0.257 e. The molecule has 2 N–H and O–H groups in total. The highest BCUT2D eigenvalue weighted by molar-refractivity contribution is 7.93. The Morgan fingerprint density at radius 1 is 0.842 bits per heavy atom. The zero-order valence-corrected chi connectivity index (χ0v) is 22.1. The Morgan fingerprint density at radius 3 is 2.00 bits per heavy atom. The summed E-state index contributed by atoms with van der Waals surface area (Å²) in [6.45, 7) is 4.34. The predicted molar refractivity (Wildman–Crippen MR) is 148 cm³/mol. The fourth-order valence-electron chi connectivity index (χ4n) is 3.78. The van der Waals surface area contributed by atoms with Crippen LogP contribution in [0.1, 0.15) is 35.3 Å². The molecule has 3 aromatic rings. The predicted octanol–water partition coefficient (Wildman–Crippen LogP) is 4.08. The third-order valence-electron chi connectivity index (χ3n) is 5.86. The summed E-state index contributed by atoms with van der Waals surface area (Å²) in [7, 11) is -4.13. The van der Waals surface area contributed by atoms with Crippen LogP contribution >= 0.6 is 0 Å². The molecule has 0 radical (unpaired) electrons. The molecule has 3 rings (SSSR count). The molecule has 3 amide bonds. The SMILES string of the molecule is CCN(CC)C(=O)C(Cc1ccc(NC(=O)c2ccccc2)cc1)C(=O)NS(=O)(=O)/C=C/c1ccccc1. The van der Waals surface area contributed by atoms with Crippen molar-refractivity contribution in [1.82, 2.24) is 9.62 Å². The van der Waals surface area contributed by atoms with Crippen molar-refractivity contribution in [3.8, 4) is 0 Å². The van der Waals surface area contributed by atoms with Crippen LogP contribution < -0.4 is 10.0 Å². The van der Waals surface area contributed by atoms with Crippen LogP contribution in [-0.2, 0) is 26.0 Å². The molecule has 0 heterocycles. The lowest BCUT2D eigenvalue weighted by molar-refractivity contribution is -0.141. The van der Waals surface area contributed by atoms with Gasteiger partial charge in [0.2, 0.25) is 11.8 Å². The average Bonchev–Trinajstić information content (AvgIpc) is 2.93. The Morgan fingerprint density at radius 2 is 1.42 bits per heavy atom. The molecule has 0 saturated carbocycles.